The minimum atomic E-state index is -0.498. The number of fused-ring (bicyclic) bond motifs is 1. The van der Waals surface area contributed by atoms with E-state index in [1.54, 1.807) is 31.4 Å². The summed E-state index contributed by atoms with van der Waals surface area (Å²) in [4.78, 5) is 38.8. The number of hydrogen-bond acceptors (Lipinski definition) is 8. The molecule has 4 aromatic rings. The molecule has 0 radical (unpaired) electrons. The number of methoxy groups -OCH3 is 1. The number of carbonyl (C=O) groups is 1. The van der Waals surface area contributed by atoms with Gasteiger partial charge in [0, 0.05) is 72.3 Å². The number of halogens is 1. The number of hydrogen-bond donors (Lipinski definition) is 1. The number of nitrogens with one attached hydrogen (secondary N) is 1. The van der Waals surface area contributed by atoms with E-state index in [-0.39, 0.29) is 10.6 Å². The highest BCUT2D eigenvalue weighted by atomic mass is 35.5. The molecule has 3 heterocycles. The molecular formula is C27H27ClN6O3. The summed E-state index contributed by atoms with van der Waals surface area (Å²) in [5.74, 6) is -0.106. The Bertz CT molecular complexity index is 1530. The van der Waals surface area contributed by atoms with Crippen LogP contribution < -0.4 is 15.8 Å². The normalized spacial score (nSPS) is 14.1. The number of rotatable bonds is 5. The highest BCUT2D eigenvalue weighted by Crippen LogP contribution is 2.29. The molecular weight excluding hydrogens is 492 g/mol. The Morgan fingerprint density at radius 3 is 2.41 bits per heavy atom. The fourth-order valence-corrected chi connectivity index (χ4v) is 4.71. The van der Waals surface area contributed by atoms with Crippen LogP contribution in [0.4, 0.5) is 17.3 Å². The van der Waals surface area contributed by atoms with Crippen LogP contribution in [0.25, 0.3) is 22.2 Å². The summed E-state index contributed by atoms with van der Waals surface area (Å²) >= 11 is 6.42. The van der Waals surface area contributed by atoms with Crippen LogP contribution in [-0.2, 0) is 11.8 Å². The van der Waals surface area contributed by atoms with Crippen molar-refractivity contribution < 1.29 is 9.53 Å². The van der Waals surface area contributed by atoms with Crippen molar-refractivity contribution in [2.45, 2.75) is 0 Å². The van der Waals surface area contributed by atoms with Crippen LogP contribution in [0.1, 0.15) is 10.4 Å². The number of esters is 1. The van der Waals surface area contributed by atoms with E-state index in [0.29, 0.717) is 33.7 Å². The van der Waals surface area contributed by atoms with Gasteiger partial charge in [-0.15, -0.1) is 0 Å². The van der Waals surface area contributed by atoms with Gasteiger partial charge in [-0.25, -0.2) is 9.78 Å². The maximum atomic E-state index is 13.2. The molecule has 9 nitrogen and oxygen atoms in total. The minimum absolute atomic E-state index is 0.263. The number of carbonyl (C=O) groups excluding carboxylic acids is 1. The van der Waals surface area contributed by atoms with E-state index in [2.05, 4.69) is 44.3 Å². The Kier molecular flexibility index (Phi) is 6.82. The van der Waals surface area contributed by atoms with Gasteiger partial charge in [0.15, 0.2) is 0 Å². The highest BCUT2D eigenvalue weighted by molar-refractivity contribution is 6.33. The third-order valence-electron chi connectivity index (χ3n) is 6.62. The largest absolute Gasteiger partial charge is 0.465 e. The molecule has 1 N–H and O–H groups in total. The van der Waals surface area contributed by atoms with Crippen molar-refractivity contribution in [3.8, 4) is 11.1 Å². The summed E-state index contributed by atoms with van der Waals surface area (Å²) in [7, 11) is 5.10. The number of likely N-dealkylation sites (N-methyl/N-ethyl adjacent to an activating group) is 1. The number of anilines is 3. The van der Waals surface area contributed by atoms with Crippen molar-refractivity contribution in [2.24, 2.45) is 7.05 Å². The smallest absolute Gasteiger partial charge is 0.337 e. The predicted octanol–water partition coefficient (Wildman–Crippen LogP) is 3.93. The lowest BCUT2D eigenvalue weighted by Gasteiger charge is -2.34. The average Bonchev–Trinajstić information content (AvgIpc) is 2.91. The molecule has 0 spiro atoms. The first-order chi connectivity index (χ1) is 17.8. The Balaban J connectivity index is 1.40. The molecule has 0 atom stereocenters. The molecule has 2 aromatic heterocycles. The second kappa shape index (κ2) is 10.2. The quantitative estimate of drug-likeness (QED) is 0.397. The molecule has 1 aliphatic rings. The fraction of sp³-hybridized carbons (Fsp3) is 0.259. The van der Waals surface area contributed by atoms with Gasteiger partial charge in [0.05, 0.1) is 12.7 Å². The Hall–Kier alpha value is -3.95. The molecule has 0 saturated carbocycles. The van der Waals surface area contributed by atoms with Crippen molar-refractivity contribution in [3.63, 3.8) is 0 Å². The molecule has 1 aliphatic heterocycles. The van der Waals surface area contributed by atoms with Crippen LogP contribution in [-0.4, -0.2) is 65.7 Å². The van der Waals surface area contributed by atoms with Gasteiger partial charge in [-0.2, -0.15) is 4.98 Å². The van der Waals surface area contributed by atoms with Gasteiger partial charge in [0.25, 0.3) is 5.56 Å². The molecule has 5 rings (SSSR count). The zero-order valence-corrected chi connectivity index (χ0v) is 21.6. The number of piperazine rings is 1. The van der Waals surface area contributed by atoms with E-state index in [9.17, 15) is 9.59 Å². The monoisotopic (exact) mass is 518 g/mol. The second-order valence-electron chi connectivity index (χ2n) is 9.04. The van der Waals surface area contributed by atoms with E-state index < -0.39 is 5.97 Å². The second-order valence-corrected chi connectivity index (χ2v) is 9.45. The lowest BCUT2D eigenvalue weighted by atomic mass is 10.0. The predicted molar refractivity (Wildman–Crippen MR) is 146 cm³/mol. The summed E-state index contributed by atoms with van der Waals surface area (Å²) in [5, 5.41) is 4.19. The van der Waals surface area contributed by atoms with Crippen molar-refractivity contribution in [3.05, 3.63) is 75.7 Å². The SMILES string of the molecule is COC(=O)c1ccc(-c2cc3cnc(Nc4ccc(N5CCN(C)CC5)cc4)nc3n(C)c2=O)c(Cl)c1. The molecule has 0 unspecified atom stereocenters. The zero-order valence-electron chi connectivity index (χ0n) is 20.9. The van der Waals surface area contributed by atoms with Crippen molar-refractivity contribution in [2.75, 3.05) is 50.6 Å². The van der Waals surface area contributed by atoms with Crippen LogP contribution >= 0.6 is 11.6 Å². The van der Waals surface area contributed by atoms with Gasteiger partial charge < -0.3 is 19.9 Å². The molecule has 2 aromatic carbocycles. The summed E-state index contributed by atoms with van der Waals surface area (Å²) in [6, 6.07) is 14.6. The van der Waals surface area contributed by atoms with Gasteiger partial charge in [0.1, 0.15) is 5.65 Å². The van der Waals surface area contributed by atoms with Crippen molar-refractivity contribution >= 4 is 45.9 Å². The number of pyridine rings is 1. The number of nitrogens with zero attached hydrogens (tertiary/aromatic N) is 5. The molecule has 190 valence electrons. The first-order valence-electron chi connectivity index (χ1n) is 11.9. The van der Waals surface area contributed by atoms with Crippen LogP contribution in [0.15, 0.2) is 59.5 Å². The number of benzene rings is 2. The molecule has 10 heteroatoms. The summed E-state index contributed by atoms with van der Waals surface area (Å²) in [5.41, 5.74) is 3.48. The topological polar surface area (TPSA) is 92.6 Å². The number of ether oxygens (including phenoxy) is 1. The van der Waals surface area contributed by atoms with Gasteiger partial charge >= 0.3 is 5.97 Å². The lowest BCUT2D eigenvalue weighted by Crippen LogP contribution is -2.44. The highest BCUT2D eigenvalue weighted by Gasteiger charge is 2.17. The van der Waals surface area contributed by atoms with E-state index >= 15 is 0 Å². The summed E-state index contributed by atoms with van der Waals surface area (Å²) in [6.45, 7) is 4.12. The fourth-order valence-electron chi connectivity index (χ4n) is 4.43. The standard InChI is InChI=1S/C27H27ClN6O3/c1-32-10-12-34(13-11-32)20-7-5-19(6-8-20)30-27-29-16-18-14-22(25(35)33(2)24(18)31-27)21-9-4-17(15-23(21)28)26(36)37-3/h4-9,14-16H,10-13H2,1-3H3,(H,29,30,31). The number of aryl methyl sites for hydroxylation is 1. The Morgan fingerprint density at radius 1 is 1.00 bits per heavy atom. The lowest BCUT2D eigenvalue weighted by molar-refractivity contribution is 0.0600. The van der Waals surface area contributed by atoms with Crippen LogP contribution in [0, 0.1) is 0 Å². The van der Waals surface area contributed by atoms with Crippen LogP contribution in [0.2, 0.25) is 5.02 Å². The summed E-state index contributed by atoms with van der Waals surface area (Å²) in [6.07, 6.45) is 1.67. The molecule has 1 saturated heterocycles. The van der Waals surface area contributed by atoms with Gasteiger partial charge in [-0.1, -0.05) is 17.7 Å². The van der Waals surface area contributed by atoms with E-state index in [1.807, 2.05) is 12.1 Å². The number of aromatic nitrogens is 3. The molecule has 1 fully saturated rings. The Morgan fingerprint density at radius 2 is 1.73 bits per heavy atom. The van der Waals surface area contributed by atoms with Gasteiger partial charge in [0.2, 0.25) is 5.95 Å². The summed E-state index contributed by atoms with van der Waals surface area (Å²) < 4.78 is 6.21. The first-order valence-corrected chi connectivity index (χ1v) is 12.3. The van der Waals surface area contributed by atoms with Crippen molar-refractivity contribution in [1.82, 2.24) is 19.4 Å². The third kappa shape index (κ3) is 5.00. The maximum absolute atomic E-state index is 13.2. The maximum Gasteiger partial charge on any atom is 0.337 e. The van der Waals surface area contributed by atoms with Gasteiger partial charge in [-0.05, 0) is 49.5 Å². The average molecular weight is 519 g/mol. The molecule has 37 heavy (non-hydrogen) atoms. The first kappa shape index (κ1) is 24.7. The van der Waals surface area contributed by atoms with E-state index in [4.69, 9.17) is 16.3 Å². The van der Waals surface area contributed by atoms with Gasteiger partial charge in [-0.3, -0.25) is 9.36 Å². The Labute approximate surface area is 219 Å². The van der Waals surface area contributed by atoms with Crippen molar-refractivity contribution in [1.29, 1.82) is 0 Å². The minimum Gasteiger partial charge on any atom is -0.465 e. The van der Waals surface area contributed by atoms with Crippen LogP contribution in [0.3, 0.4) is 0 Å². The van der Waals surface area contributed by atoms with E-state index in [0.717, 1.165) is 31.9 Å². The molecule has 0 amide bonds. The van der Waals surface area contributed by atoms with Crippen LogP contribution in [0.5, 0.6) is 0 Å². The molecule has 0 aliphatic carbocycles. The molecule has 0 bridgehead atoms. The zero-order chi connectivity index (χ0) is 26.1. The van der Waals surface area contributed by atoms with E-state index in [1.165, 1.54) is 23.4 Å². The third-order valence-corrected chi connectivity index (χ3v) is 6.93.